The van der Waals surface area contributed by atoms with Crippen LogP contribution in [0.5, 0.6) is 0 Å². The molecule has 2 nitrogen and oxygen atoms in total. The second-order valence-corrected chi connectivity index (χ2v) is 11.6. The Morgan fingerprint density at radius 3 is 2.38 bits per heavy atom. The number of benzene rings is 2. The topological polar surface area (TPSA) is 34.1 Å². The van der Waals surface area contributed by atoms with E-state index in [-0.39, 0.29) is 23.0 Å². The van der Waals surface area contributed by atoms with E-state index in [1.54, 1.807) is 6.07 Å². The highest BCUT2D eigenvalue weighted by molar-refractivity contribution is 14.1. The molecule has 2 atom stereocenters. The predicted molar refractivity (Wildman–Crippen MR) is 115 cm³/mol. The predicted octanol–water partition coefficient (Wildman–Crippen LogP) is 5.48. The minimum absolute atomic E-state index is 0.0809. The quantitative estimate of drug-likeness (QED) is 0.429. The van der Waals surface area contributed by atoms with Gasteiger partial charge < -0.3 is 0 Å². The van der Waals surface area contributed by atoms with Gasteiger partial charge in [0.1, 0.15) is 0 Å². The Morgan fingerprint density at radius 2 is 1.71 bits per heavy atom. The van der Waals surface area contributed by atoms with Gasteiger partial charge in [0.2, 0.25) is 0 Å². The van der Waals surface area contributed by atoms with Gasteiger partial charge in [-0.15, -0.1) is 0 Å². The lowest BCUT2D eigenvalue weighted by atomic mass is 9.69. The average molecular weight is 566 g/mol. The number of halogens is 2. The van der Waals surface area contributed by atoms with Crippen molar-refractivity contribution in [2.75, 3.05) is 5.75 Å². The van der Waals surface area contributed by atoms with E-state index in [1.165, 1.54) is 12.7 Å². The first-order valence-electron chi connectivity index (χ1n) is 7.90. The third kappa shape index (κ3) is 3.28. The van der Waals surface area contributed by atoms with Gasteiger partial charge in [-0.25, -0.2) is 8.42 Å². The lowest BCUT2D eigenvalue weighted by Crippen LogP contribution is -2.31. The largest absolute Gasteiger partial charge is 0.224 e. The third-order valence-corrected chi connectivity index (χ3v) is 8.95. The van der Waals surface area contributed by atoms with Gasteiger partial charge in [-0.05, 0) is 85.8 Å². The van der Waals surface area contributed by atoms with Crippen molar-refractivity contribution in [3.63, 3.8) is 0 Å². The molecule has 2 aromatic rings. The normalized spacial score (nSPS) is 24.9. The van der Waals surface area contributed by atoms with Gasteiger partial charge in [0.05, 0.1) is 10.6 Å². The highest BCUT2D eigenvalue weighted by atomic mass is 127. The number of sulfone groups is 1. The van der Waals surface area contributed by atoms with Crippen molar-refractivity contribution < 1.29 is 8.42 Å². The highest BCUT2D eigenvalue weighted by Gasteiger charge is 2.43. The van der Waals surface area contributed by atoms with Gasteiger partial charge in [-0.3, -0.25) is 0 Å². The van der Waals surface area contributed by atoms with Crippen molar-refractivity contribution in [1.29, 1.82) is 0 Å². The summed E-state index contributed by atoms with van der Waals surface area (Å²) in [5.74, 6) is 0.484. The zero-order valence-electron chi connectivity index (χ0n) is 13.9. The lowest BCUT2D eigenvalue weighted by molar-refractivity contribution is 0.243. The molecule has 0 fully saturated rings. The van der Waals surface area contributed by atoms with Crippen LogP contribution in [0.25, 0.3) is 0 Å². The Labute approximate surface area is 171 Å². The van der Waals surface area contributed by atoms with Crippen LogP contribution in [0, 0.1) is 18.5 Å². The molecular formula is C19H20I2O2S. The molecule has 128 valence electrons. The summed E-state index contributed by atoms with van der Waals surface area (Å²) in [4.78, 5) is 0.502. The molecule has 0 radical (unpaired) electrons. The van der Waals surface area contributed by atoms with Crippen LogP contribution >= 0.6 is 45.2 Å². The van der Waals surface area contributed by atoms with E-state index in [1.807, 2.05) is 18.2 Å². The Morgan fingerprint density at radius 1 is 1.04 bits per heavy atom. The van der Waals surface area contributed by atoms with Gasteiger partial charge in [-0.1, -0.05) is 45.0 Å². The molecule has 0 N–H and O–H groups in total. The standard InChI is InChI=1S/C19H20I2O2S/c1-12-18(14-9-8-13(20)10-16(14)21)15-6-4-5-7-17(15)24(22,23)11-19(12,2)3/h4-10,12,18H,11H2,1-3H3/t12-,18-/m1/s1. The summed E-state index contributed by atoms with van der Waals surface area (Å²) >= 11 is 4.69. The number of fused-ring (bicyclic) bond motifs is 1. The molecule has 24 heavy (non-hydrogen) atoms. The summed E-state index contributed by atoms with van der Waals surface area (Å²) in [5.41, 5.74) is 1.87. The van der Waals surface area contributed by atoms with Crippen molar-refractivity contribution in [2.45, 2.75) is 31.6 Å². The first-order chi connectivity index (χ1) is 11.1. The summed E-state index contributed by atoms with van der Waals surface area (Å²) in [6.45, 7) is 6.34. The SMILES string of the molecule is C[C@@H]1[C@H](c2ccc(I)cc2I)c2ccccc2S(=O)(=O)CC1(C)C. The minimum Gasteiger partial charge on any atom is -0.224 e. The fourth-order valence-corrected chi connectivity index (χ4v) is 7.81. The number of rotatable bonds is 1. The van der Waals surface area contributed by atoms with Crippen LogP contribution < -0.4 is 0 Å². The molecule has 2 aromatic carbocycles. The molecule has 1 heterocycles. The Balaban J connectivity index is 2.33. The Bertz CT molecular complexity index is 888. The zero-order chi connectivity index (χ0) is 17.7. The second-order valence-electron chi connectivity index (χ2n) is 7.22. The second kappa shape index (κ2) is 6.54. The molecular weight excluding hydrogens is 546 g/mol. The molecule has 1 aliphatic rings. The van der Waals surface area contributed by atoms with Crippen molar-refractivity contribution in [3.05, 3.63) is 60.7 Å². The van der Waals surface area contributed by atoms with E-state index in [0.29, 0.717) is 4.90 Å². The van der Waals surface area contributed by atoms with Gasteiger partial charge in [0.15, 0.2) is 9.84 Å². The maximum absolute atomic E-state index is 13.0. The van der Waals surface area contributed by atoms with Crippen molar-refractivity contribution in [3.8, 4) is 0 Å². The fraction of sp³-hybridized carbons (Fsp3) is 0.368. The molecule has 3 rings (SSSR count). The summed E-state index contributed by atoms with van der Waals surface area (Å²) in [5, 5.41) is 0. The summed E-state index contributed by atoms with van der Waals surface area (Å²) < 4.78 is 28.3. The van der Waals surface area contributed by atoms with E-state index >= 15 is 0 Å². The van der Waals surface area contributed by atoms with Crippen molar-refractivity contribution in [1.82, 2.24) is 0 Å². The molecule has 0 spiro atoms. The fourth-order valence-electron chi connectivity index (χ4n) is 3.63. The Hall–Kier alpha value is -0.150. The highest BCUT2D eigenvalue weighted by Crippen LogP contribution is 2.49. The van der Waals surface area contributed by atoms with Gasteiger partial charge in [0.25, 0.3) is 0 Å². The van der Waals surface area contributed by atoms with Crippen molar-refractivity contribution >= 4 is 55.0 Å². The van der Waals surface area contributed by atoms with E-state index in [9.17, 15) is 8.42 Å². The van der Waals surface area contributed by atoms with Crippen LogP contribution in [0.1, 0.15) is 37.8 Å². The van der Waals surface area contributed by atoms with Crippen LogP contribution in [-0.2, 0) is 9.84 Å². The molecule has 0 saturated carbocycles. The molecule has 0 bridgehead atoms. The first kappa shape index (κ1) is 18.6. The summed E-state index contributed by atoms with van der Waals surface area (Å²) in [6, 6.07) is 14.0. The van der Waals surface area contributed by atoms with Gasteiger partial charge >= 0.3 is 0 Å². The smallest absolute Gasteiger partial charge is 0.179 e. The molecule has 0 unspecified atom stereocenters. The third-order valence-electron chi connectivity index (χ3n) is 5.18. The maximum Gasteiger partial charge on any atom is 0.179 e. The van der Waals surface area contributed by atoms with Crippen LogP contribution in [0.15, 0.2) is 47.4 Å². The monoisotopic (exact) mass is 566 g/mol. The van der Waals surface area contributed by atoms with Gasteiger partial charge in [0, 0.05) is 13.1 Å². The zero-order valence-corrected chi connectivity index (χ0v) is 19.0. The van der Waals surface area contributed by atoms with Gasteiger partial charge in [-0.2, -0.15) is 0 Å². The van der Waals surface area contributed by atoms with E-state index < -0.39 is 9.84 Å². The molecule has 0 amide bonds. The maximum atomic E-state index is 13.0. The van der Waals surface area contributed by atoms with Crippen LogP contribution in [0.3, 0.4) is 0 Å². The van der Waals surface area contributed by atoms with Crippen LogP contribution in [-0.4, -0.2) is 14.2 Å². The number of hydrogen-bond donors (Lipinski definition) is 0. The summed E-state index contributed by atoms with van der Waals surface area (Å²) in [7, 11) is -3.28. The van der Waals surface area contributed by atoms with Crippen LogP contribution in [0.4, 0.5) is 0 Å². The summed E-state index contributed by atoms with van der Waals surface area (Å²) in [6.07, 6.45) is 0. The van der Waals surface area contributed by atoms with E-state index in [0.717, 1.165) is 5.56 Å². The lowest BCUT2D eigenvalue weighted by Gasteiger charge is -2.35. The Kier molecular flexibility index (Phi) is 5.08. The molecule has 0 saturated heterocycles. The molecule has 5 heteroatoms. The minimum atomic E-state index is -3.28. The molecule has 0 aliphatic carbocycles. The van der Waals surface area contributed by atoms with Crippen LogP contribution in [0.2, 0.25) is 0 Å². The van der Waals surface area contributed by atoms with E-state index in [4.69, 9.17) is 0 Å². The number of hydrogen-bond acceptors (Lipinski definition) is 2. The van der Waals surface area contributed by atoms with Crippen molar-refractivity contribution in [2.24, 2.45) is 11.3 Å². The molecule has 0 aromatic heterocycles. The average Bonchev–Trinajstić information content (AvgIpc) is 2.53. The molecule has 1 aliphatic heterocycles. The first-order valence-corrected chi connectivity index (χ1v) is 11.7. The van der Waals surface area contributed by atoms with E-state index in [2.05, 4.69) is 84.2 Å².